The number of hydrogen-bond donors (Lipinski definition) is 0. The van der Waals surface area contributed by atoms with E-state index in [-0.39, 0.29) is 16.7 Å². The molecule has 43 heavy (non-hydrogen) atoms. The predicted octanol–water partition coefficient (Wildman–Crippen LogP) is 5.96. The Hall–Kier alpha value is -3.74. The standard InChI is InChI=1S/C30H27ClF4N4O4/c1-41-29(40)17-3-5-24-25(10-17)39(14-21-7-9-42-21)27(36-24)15-38-8-6-23-19(13-38)11-26(28(37-23)30(33,34)35)43-16-18-2-4-20(31)12-22(18)32/h2-5,10-12,21H,6-9,13-16H2,1H3/t21-/m0/s1. The van der Waals surface area contributed by atoms with Gasteiger partial charge in [0.2, 0.25) is 0 Å². The van der Waals surface area contributed by atoms with Crippen molar-refractivity contribution < 1.29 is 36.6 Å². The quantitative estimate of drug-likeness (QED) is 0.178. The molecule has 8 nitrogen and oxygen atoms in total. The van der Waals surface area contributed by atoms with E-state index in [4.69, 9.17) is 30.8 Å². The Morgan fingerprint density at radius 1 is 1.16 bits per heavy atom. The van der Waals surface area contributed by atoms with Crippen LogP contribution in [0.3, 0.4) is 0 Å². The first-order valence-corrected chi connectivity index (χ1v) is 14.0. The number of esters is 1. The maximum Gasteiger partial charge on any atom is 0.437 e. The van der Waals surface area contributed by atoms with Crippen LogP contribution >= 0.6 is 11.6 Å². The maximum absolute atomic E-state index is 14.3. The summed E-state index contributed by atoms with van der Waals surface area (Å²) < 4.78 is 74.1. The molecule has 4 aromatic rings. The average molecular weight is 619 g/mol. The van der Waals surface area contributed by atoms with Crippen LogP contribution in [-0.2, 0) is 48.3 Å². The Bertz CT molecular complexity index is 1690. The molecule has 2 aliphatic rings. The molecule has 2 aliphatic heterocycles. The molecule has 0 aliphatic carbocycles. The van der Waals surface area contributed by atoms with Gasteiger partial charge in [0.05, 0.1) is 42.9 Å². The fourth-order valence-electron chi connectivity index (χ4n) is 5.33. The Kier molecular flexibility index (Phi) is 8.01. The van der Waals surface area contributed by atoms with E-state index in [2.05, 4.69) is 9.88 Å². The van der Waals surface area contributed by atoms with Crippen molar-refractivity contribution in [1.29, 1.82) is 0 Å². The van der Waals surface area contributed by atoms with Gasteiger partial charge in [0.25, 0.3) is 0 Å². The molecular weight excluding hydrogens is 592 g/mol. The van der Waals surface area contributed by atoms with Gasteiger partial charge in [-0.05, 0) is 48.4 Å². The van der Waals surface area contributed by atoms with Crippen LogP contribution < -0.4 is 4.74 Å². The molecule has 13 heteroatoms. The topological polar surface area (TPSA) is 78.7 Å². The smallest absolute Gasteiger partial charge is 0.437 e. The number of alkyl halides is 3. The zero-order valence-electron chi connectivity index (χ0n) is 23.1. The van der Waals surface area contributed by atoms with Crippen LogP contribution in [0.2, 0.25) is 5.02 Å². The Morgan fingerprint density at radius 3 is 2.67 bits per heavy atom. The van der Waals surface area contributed by atoms with Crippen LogP contribution in [0, 0.1) is 5.82 Å². The van der Waals surface area contributed by atoms with Crippen molar-refractivity contribution in [2.75, 3.05) is 20.3 Å². The Morgan fingerprint density at radius 2 is 1.98 bits per heavy atom. The summed E-state index contributed by atoms with van der Waals surface area (Å²) in [5, 5.41) is 0.172. The zero-order valence-corrected chi connectivity index (χ0v) is 23.8. The van der Waals surface area contributed by atoms with Gasteiger partial charge < -0.3 is 18.8 Å². The summed E-state index contributed by atoms with van der Waals surface area (Å²) in [6.07, 6.45) is -3.53. The number of carbonyl (C=O) groups is 1. The van der Waals surface area contributed by atoms with E-state index < -0.39 is 36.0 Å². The van der Waals surface area contributed by atoms with Crippen LogP contribution in [0.25, 0.3) is 11.0 Å². The largest absolute Gasteiger partial charge is 0.487 e. The number of rotatable bonds is 8. The number of benzene rings is 2. The van der Waals surface area contributed by atoms with Crippen molar-refractivity contribution in [3.63, 3.8) is 0 Å². The highest BCUT2D eigenvalue weighted by atomic mass is 35.5. The van der Waals surface area contributed by atoms with Gasteiger partial charge in [-0.2, -0.15) is 13.2 Å². The molecule has 1 fully saturated rings. The van der Waals surface area contributed by atoms with E-state index in [1.54, 1.807) is 18.2 Å². The number of carbonyl (C=O) groups excluding carboxylic acids is 1. The molecule has 2 aromatic carbocycles. The number of nitrogens with zero attached hydrogens (tertiary/aromatic N) is 4. The molecule has 0 unspecified atom stereocenters. The molecule has 6 rings (SSSR count). The maximum atomic E-state index is 14.3. The molecule has 1 saturated heterocycles. The first-order chi connectivity index (χ1) is 20.6. The predicted molar refractivity (Wildman–Crippen MR) is 148 cm³/mol. The second kappa shape index (κ2) is 11.7. The van der Waals surface area contributed by atoms with Crippen molar-refractivity contribution in [2.45, 2.75) is 51.4 Å². The van der Waals surface area contributed by atoms with Gasteiger partial charge in [0.15, 0.2) is 11.4 Å². The van der Waals surface area contributed by atoms with Crippen molar-refractivity contribution in [3.8, 4) is 5.75 Å². The highest BCUT2D eigenvalue weighted by molar-refractivity contribution is 6.30. The Labute approximate surface area is 249 Å². The lowest BCUT2D eigenvalue weighted by molar-refractivity contribution is -0.142. The first-order valence-electron chi connectivity index (χ1n) is 13.7. The number of imidazole rings is 1. The van der Waals surface area contributed by atoms with E-state index in [1.807, 2.05) is 4.57 Å². The highest BCUT2D eigenvalue weighted by Crippen LogP contribution is 2.38. The summed E-state index contributed by atoms with van der Waals surface area (Å²) in [7, 11) is 1.32. The molecule has 0 N–H and O–H groups in total. The van der Waals surface area contributed by atoms with Gasteiger partial charge >= 0.3 is 12.1 Å². The lowest BCUT2D eigenvalue weighted by atomic mass is 10.0. The van der Waals surface area contributed by atoms with E-state index in [0.29, 0.717) is 61.5 Å². The van der Waals surface area contributed by atoms with E-state index >= 15 is 0 Å². The lowest BCUT2D eigenvalue weighted by Crippen LogP contribution is -2.34. The minimum absolute atomic E-state index is 0.0233. The molecule has 226 valence electrons. The number of pyridine rings is 1. The van der Waals surface area contributed by atoms with Gasteiger partial charge in [-0.25, -0.2) is 19.2 Å². The average Bonchev–Trinajstić information content (AvgIpc) is 3.28. The summed E-state index contributed by atoms with van der Waals surface area (Å²) in [4.78, 5) is 23.0. The van der Waals surface area contributed by atoms with Crippen LogP contribution in [0.5, 0.6) is 5.75 Å². The monoisotopic (exact) mass is 618 g/mol. The lowest BCUT2D eigenvalue weighted by Gasteiger charge is -2.30. The molecule has 0 spiro atoms. The molecule has 0 bridgehead atoms. The highest BCUT2D eigenvalue weighted by Gasteiger charge is 2.38. The van der Waals surface area contributed by atoms with Crippen LogP contribution in [-0.4, -0.2) is 51.8 Å². The number of fused-ring (bicyclic) bond motifs is 2. The van der Waals surface area contributed by atoms with E-state index in [1.165, 1.54) is 25.3 Å². The van der Waals surface area contributed by atoms with Gasteiger partial charge in [-0.3, -0.25) is 4.90 Å². The fourth-order valence-corrected chi connectivity index (χ4v) is 5.48. The zero-order chi connectivity index (χ0) is 30.3. The van der Waals surface area contributed by atoms with Gasteiger partial charge in [-0.15, -0.1) is 0 Å². The van der Waals surface area contributed by atoms with Crippen LogP contribution in [0.4, 0.5) is 17.6 Å². The van der Waals surface area contributed by atoms with Crippen molar-refractivity contribution in [3.05, 3.63) is 87.2 Å². The third-order valence-corrected chi connectivity index (χ3v) is 7.91. The summed E-state index contributed by atoms with van der Waals surface area (Å²) in [6.45, 7) is 1.99. The summed E-state index contributed by atoms with van der Waals surface area (Å²) >= 11 is 5.79. The number of ether oxygens (including phenoxy) is 3. The molecule has 0 saturated carbocycles. The van der Waals surface area contributed by atoms with E-state index in [0.717, 1.165) is 23.8 Å². The number of hydrogen-bond acceptors (Lipinski definition) is 7. The van der Waals surface area contributed by atoms with Gasteiger partial charge in [-0.1, -0.05) is 17.7 Å². The molecule has 2 aromatic heterocycles. The molecule has 1 atom stereocenters. The second-order valence-electron chi connectivity index (χ2n) is 10.5. The minimum atomic E-state index is -4.75. The van der Waals surface area contributed by atoms with Gasteiger partial charge in [0, 0.05) is 42.4 Å². The van der Waals surface area contributed by atoms with E-state index in [9.17, 15) is 22.4 Å². The first kappa shape index (κ1) is 29.3. The summed E-state index contributed by atoms with van der Waals surface area (Å²) in [5.41, 5.74) is 1.74. The third-order valence-electron chi connectivity index (χ3n) is 7.67. The minimum Gasteiger partial charge on any atom is -0.487 e. The molecular formula is C30H27ClF4N4O4. The second-order valence-corrected chi connectivity index (χ2v) is 11.0. The summed E-state index contributed by atoms with van der Waals surface area (Å²) in [6, 6.07) is 10.4. The van der Waals surface area contributed by atoms with Crippen molar-refractivity contribution in [1.82, 2.24) is 19.4 Å². The number of halogens is 5. The molecule has 4 heterocycles. The molecule has 0 radical (unpaired) electrons. The van der Waals surface area contributed by atoms with Crippen molar-refractivity contribution in [2.24, 2.45) is 0 Å². The Balaban J connectivity index is 1.27. The van der Waals surface area contributed by atoms with Gasteiger partial charge in [0.1, 0.15) is 18.2 Å². The summed E-state index contributed by atoms with van der Waals surface area (Å²) in [5.74, 6) is -0.851. The van der Waals surface area contributed by atoms with Crippen LogP contribution in [0.15, 0.2) is 42.5 Å². The molecule has 0 amide bonds. The number of aromatic nitrogens is 3. The van der Waals surface area contributed by atoms with Crippen molar-refractivity contribution >= 4 is 28.6 Å². The third kappa shape index (κ3) is 6.17. The fraction of sp³-hybridized carbons (Fsp3) is 0.367. The SMILES string of the molecule is COC(=O)c1ccc2nc(CN3CCc4nc(C(F)(F)F)c(OCc5ccc(Cl)cc5F)cc4C3)n(C[C@@H]3CCO3)c2c1. The van der Waals surface area contributed by atoms with Crippen LogP contribution in [0.1, 0.15) is 45.1 Å². The normalized spacial score (nSPS) is 17.0. The number of methoxy groups -OCH3 is 1.